The van der Waals surface area contributed by atoms with Crippen LogP contribution in [-0.4, -0.2) is 33.8 Å². The minimum atomic E-state index is 0.940. The average molecular weight is 348 g/mol. The van der Waals surface area contributed by atoms with Crippen LogP contribution in [0.3, 0.4) is 0 Å². The highest BCUT2D eigenvalue weighted by molar-refractivity contribution is 7.99. The van der Waals surface area contributed by atoms with E-state index in [1.54, 1.807) is 0 Å². The molecule has 4 heteroatoms. The molecule has 0 aliphatic carbocycles. The molecule has 0 radical (unpaired) electrons. The lowest BCUT2D eigenvalue weighted by molar-refractivity contribution is 0.307. The zero-order valence-electron chi connectivity index (χ0n) is 15.8. The molecule has 0 N–H and O–H groups in total. The molecule has 0 aliphatic heterocycles. The van der Waals surface area contributed by atoms with Crippen LogP contribution in [0, 0.1) is 0 Å². The maximum absolute atomic E-state index is 4.95. The third-order valence-electron chi connectivity index (χ3n) is 4.31. The van der Waals surface area contributed by atoms with Crippen molar-refractivity contribution in [3.05, 3.63) is 24.0 Å². The number of aryl methyl sites for hydroxylation is 1. The van der Waals surface area contributed by atoms with Gasteiger partial charge in [0, 0.05) is 11.4 Å². The van der Waals surface area contributed by atoms with E-state index in [4.69, 9.17) is 4.98 Å². The van der Waals surface area contributed by atoms with Crippen molar-refractivity contribution in [2.75, 3.05) is 19.3 Å². The molecular formula is C20H33N3S. The molecule has 2 aromatic rings. The number of hydrogen-bond donors (Lipinski definition) is 0. The summed E-state index contributed by atoms with van der Waals surface area (Å²) in [6.45, 7) is 9.91. The number of aromatic nitrogens is 2. The van der Waals surface area contributed by atoms with Gasteiger partial charge < -0.3 is 4.57 Å². The lowest BCUT2D eigenvalue weighted by Gasteiger charge is -2.17. The van der Waals surface area contributed by atoms with E-state index in [1.807, 2.05) is 11.8 Å². The van der Waals surface area contributed by atoms with Crippen molar-refractivity contribution < 1.29 is 0 Å². The van der Waals surface area contributed by atoms with E-state index in [0.29, 0.717) is 0 Å². The van der Waals surface area contributed by atoms with Crippen molar-refractivity contribution in [2.45, 2.75) is 70.9 Å². The molecule has 24 heavy (non-hydrogen) atoms. The maximum atomic E-state index is 4.95. The highest BCUT2D eigenvalue weighted by Crippen LogP contribution is 2.26. The zero-order valence-corrected chi connectivity index (χ0v) is 16.7. The fourth-order valence-electron chi connectivity index (χ4n) is 2.90. The molecule has 0 saturated carbocycles. The van der Waals surface area contributed by atoms with Crippen molar-refractivity contribution in [2.24, 2.45) is 0 Å². The second-order valence-corrected chi connectivity index (χ2v) is 7.79. The SMILES string of the molecule is CCCCN(C)Cc1nc2ccc(SCCC)cc2n1CCCC. The third kappa shape index (κ3) is 5.25. The highest BCUT2D eigenvalue weighted by Gasteiger charge is 2.13. The first-order chi connectivity index (χ1) is 11.7. The Morgan fingerprint density at radius 3 is 2.58 bits per heavy atom. The Bertz CT molecular complexity index is 621. The Hall–Kier alpha value is -1.00. The number of thioether (sulfide) groups is 1. The third-order valence-corrected chi connectivity index (χ3v) is 5.51. The summed E-state index contributed by atoms with van der Waals surface area (Å²) in [4.78, 5) is 8.72. The zero-order chi connectivity index (χ0) is 17.4. The number of benzene rings is 1. The van der Waals surface area contributed by atoms with Gasteiger partial charge in [0.05, 0.1) is 17.6 Å². The van der Waals surface area contributed by atoms with Crippen molar-refractivity contribution in [1.29, 1.82) is 0 Å². The molecule has 0 fully saturated rings. The smallest absolute Gasteiger partial charge is 0.124 e. The predicted octanol–water partition coefficient (Wildman–Crippen LogP) is 5.57. The molecule has 0 aliphatic rings. The Morgan fingerprint density at radius 2 is 1.88 bits per heavy atom. The normalized spacial score (nSPS) is 11.7. The van der Waals surface area contributed by atoms with E-state index >= 15 is 0 Å². The van der Waals surface area contributed by atoms with E-state index in [1.165, 1.54) is 54.1 Å². The van der Waals surface area contributed by atoms with Crippen molar-refractivity contribution in [3.63, 3.8) is 0 Å². The second-order valence-electron chi connectivity index (χ2n) is 6.62. The number of unbranched alkanes of at least 4 members (excludes halogenated alkanes) is 2. The van der Waals surface area contributed by atoms with Crippen LogP contribution in [0.5, 0.6) is 0 Å². The molecule has 0 bridgehead atoms. The van der Waals surface area contributed by atoms with Crippen molar-refractivity contribution in [3.8, 4) is 0 Å². The predicted molar refractivity (Wildman–Crippen MR) is 107 cm³/mol. The van der Waals surface area contributed by atoms with Gasteiger partial charge in [-0.05, 0) is 56.8 Å². The molecule has 0 amide bonds. The molecule has 0 atom stereocenters. The average Bonchev–Trinajstić information content (AvgIpc) is 2.92. The van der Waals surface area contributed by atoms with Gasteiger partial charge in [-0.1, -0.05) is 33.6 Å². The molecule has 1 aromatic carbocycles. The fourth-order valence-corrected chi connectivity index (χ4v) is 3.70. The van der Waals surface area contributed by atoms with E-state index in [2.05, 4.69) is 55.5 Å². The van der Waals surface area contributed by atoms with E-state index in [0.717, 1.165) is 25.2 Å². The number of fused-ring (bicyclic) bond motifs is 1. The first-order valence-electron chi connectivity index (χ1n) is 9.50. The maximum Gasteiger partial charge on any atom is 0.124 e. The lowest BCUT2D eigenvalue weighted by Crippen LogP contribution is -2.21. The standard InChI is InChI=1S/C20H33N3S/c1-5-8-12-22(4)16-20-21-18-11-10-17(24-14-7-3)15-19(18)23(20)13-9-6-2/h10-11,15H,5-9,12-14,16H2,1-4H3. The molecule has 134 valence electrons. The van der Waals surface area contributed by atoms with Gasteiger partial charge in [-0.2, -0.15) is 0 Å². The first-order valence-corrected chi connectivity index (χ1v) is 10.5. The van der Waals surface area contributed by atoms with Gasteiger partial charge in [0.25, 0.3) is 0 Å². The quantitative estimate of drug-likeness (QED) is 0.496. The van der Waals surface area contributed by atoms with Gasteiger partial charge in [0.2, 0.25) is 0 Å². The van der Waals surface area contributed by atoms with E-state index in [-0.39, 0.29) is 0 Å². The van der Waals surface area contributed by atoms with Crippen molar-refractivity contribution >= 4 is 22.8 Å². The van der Waals surface area contributed by atoms with Crippen LogP contribution in [0.1, 0.15) is 58.7 Å². The number of hydrogen-bond acceptors (Lipinski definition) is 3. The van der Waals surface area contributed by atoms with Gasteiger partial charge in [-0.25, -0.2) is 4.98 Å². The topological polar surface area (TPSA) is 21.1 Å². The molecule has 3 nitrogen and oxygen atoms in total. The Labute approximate surface area is 151 Å². The van der Waals surface area contributed by atoms with Crippen LogP contribution in [-0.2, 0) is 13.1 Å². The van der Waals surface area contributed by atoms with Gasteiger partial charge in [0.1, 0.15) is 5.82 Å². The highest BCUT2D eigenvalue weighted by atomic mass is 32.2. The Kier molecular flexibility index (Phi) is 8.13. The van der Waals surface area contributed by atoms with Crippen molar-refractivity contribution in [1.82, 2.24) is 14.5 Å². The summed E-state index contributed by atoms with van der Waals surface area (Å²) in [6, 6.07) is 6.77. The molecule has 0 spiro atoms. The molecule has 0 unspecified atom stereocenters. The van der Waals surface area contributed by atoms with Gasteiger partial charge in [0.15, 0.2) is 0 Å². The fraction of sp³-hybridized carbons (Fsp3) is 0.650. The molecular weight excluding hydrogens is 314 g/mol. The monoisotopic (exact) mass is 347 g/mol. The van der Waals surface area contributed by atoms with Crippen LogP contribution in [0.4, 0.5) is 0 Å². The van der Waals surface area contributed by atoms with E-state index < -0.39 is 0 Å². The summed E-state index contributed by atoms with van der Waals surface area (Å²) in [7, 11) is 2.21. The molecule has 0 saturated heterocycles. The first kappa shape index (κ1) is 19.3. The minimum Gasteiger partial charge on any atom is -0.327 e. The summed E-state index contributed by atoms with van der Waals surface area (Å²) < 4.78 is 2.46. The second kappa shape index (κ2) is 10.1. The summed E-state index contributed by atoms with van der Waals surface area (Å²) in [5.74, 6) is 2.40. The van der Waals surface area contributed by atoms with Crippen LogP contribution in [0.2, 0.25) is 0 Å². The number of rotatable bonds is 11. The Morgan fingerprint density at radius 1 is 1.08 bits per heavy atom. The largest absolute Gasteiger partial charge is 0.327 e. The number of imidazole rings is 1. The lowest BCUT2D eigenvalue weighted by atomic mass is 10.3. The number of nitrogens with zero attached hydrogens (tertiary/aromatic N) is 3. The van der Waals surface area contributed by atoms with Gasteiger partial charge in [-0.15, -0.1) is 11.8 Å². The van der Waals surface area contributed by atoms with E-state index in [9.17, 15) is 0 Å². The van der Waals surface area contributed by atoms with Gasteiger partial charge in [-0.3, -0.25) is 4.90 Å². The Balaban J connectivity index is 2.27. The van der Waals surface area contributed by atoms with Crippen LogP contribution in [0.25, 0.3) is 11.0 Å². The minimum absolute atomic E-state index is 0.940. The van der Waals surface area contributed by atoms with Crippen LogP contribution in [0.15, 0.2) is 23.1 Å². The van der Waals surface area contributed by atoms with Crippen LogP contribution >= 0.6 is 11.8 Å². The molecule has 1 heterocycles. The van der Waals surface area contributed by atoms with Crippen LogP contribution < -0.4 is 0 Å². The summed E-state index contributed by atoms with van der Waals surface area (Å²) in [6.07, 6.45) is 6.14. The molecule has 1 aromatic heterocycles. The summed E-state index contributed by atoms with van der Waals surface area (Å²) in [5, 5.41) is 0. The summed E-state index contributed by atoms with van der Waals surface area (Å²) >= 11 is 1.95. The summed E-state index contributed by atoms with van der Waals surface area (Å²) in [5.41, 5.74) is 2.45. The van der Waals surface area contributed by atoms with Gasteiger partial charge >= 0.3 is 0 Å². The molecule has 2 rings (SSSR count).